The largest absolute Gasteiger partial charge is 0.491 e. The van der Waals surface area contributed by atoms with E-state index in [4.69, 9.17) is 4.74 Å². The van der Waals surface area contributed by atoms with Gasteiger partial charge in [-0.2, -0.15) is 0 Å². The summed E-state index contributed by atoms with van der Waals surface area (Å²) in [5.74, 6) is 0.587. The lowest BCUT2D eigenvalue weighted by Crippen LogP contribution is -2.33. The van der Waals surface area contributed by atoms with E-state index in [-0.39, 0.29) is 12.4 Å². The van der Waals surface area contributed by atoms with E-state index in [1.807, 2.05) is 42.3 Å². The molecule has 2 rings (SSSR count). The molecule has 0 heterocycles. The molecule has 22 heavy (non-hydrogen) atoms. The van der Waals surface area contributed by atoms with Crippen molar-refractivity contribution in [2.75, 3.05) is 25.1 Å². The number of likely N-dealkylation sites (N-methyl/N-ethyl adjacent to an activating group) is 1. The molecule has 0 bridgehead atoms. The molecule has 2 aromatic carbocycles. The number of carbonyl (C=O) groups is 1. The lowest BCUT2D eigenvalue weighted by atomic mass is 10.1. The number of Topliss-reactive ketones (excluding diaryl/α,β-unsaturated/α-hetero) is 1. The third-order valence-electron chi connectivity index (χ3n) is 3.36. The van der Waals surface area contributed by atoms with Crippen molar-refractivity contribution < 1.29 is 14.6 Å². The van der Waals surface area contributed by atoms with Crippen molar-refractivity contribution in [3.8, 4) is 5.75 Å². The first-order valence-electron chi connectivity index (χ1n) is 7.24. The van der Waals surface area contributed by atoms with Gasteiger partial charge in [-0.25, -0.2) is 0 Å². The number of carbonyl (C=O) groups excluding carboxylic acids is 1. The number of ketones is 1. The Labute approximate surface area is 131 Å². The monoisotopic (exact) mass is 299 g/mol. The summed E-state index contributed by atoms with van der Waals surface area (Å²) in [7, 11) is 1.93. The highest BCUT2D eigenvalue weighted by Gasteiger charge is 2.10. The van der Waals surface area contributed by atoms with Gasteiger partial charge in [-0.3, -0.25) is 4.79 Å². The maximum atomic E-state index is 11.3. The van der Waals surface area contributed by atoms with Crippen LogP contribution in [0.15, 0.2) is 54.6 Å². The number of ether oxygens (including phenoxy) is 1. The van der Waals surface area contributed by atoms with Gasteiger partial charge in [0.15, 0.2) is 5.78 Å². The Hall–Kier alpha value is -2.33. The van der Waals surface area contributed by atoms with Gasteiger partial charge in [0.05, 0.1) is 0 Å². The second-order valence-corrected chi connectivity index (χ2v) is 5.26. The van der Waals surface area contributed by atoms with Gasteiger partial charge in [0.2, 0.25) is 0 Å². The van der Waals surface area contributed by atoms with E-state index in [1.165, 1.54) is 6.92 Å². The lowest BCUT2D eigenvalue weighted by molar-refractivity contribution is 0.101. The van der Waals surface area contributed by atoms with E-state index < -0.39 is 6.10 Å². The smallest absolute Gasteiger partial charge is 0.159 e. The van der Waals surface area contributed by atoms with Crippen molar-refractivity contribution in [3.05, 3.63) is 60.2 Å². The molecule has 2 aromatic rings. The third-order valence-corrected chi connectivity index (χ3v) is 3.36. The molecular formula is C18H21NO3. The van der Waals surface area contributed by atoms with Gasteiger partial charge >= 0.3 is 0 Å². The fraction of sp³-hybridized carbons (Fsp3) is 0.278. The number of benzene rings is 2. The van der Waals surface area contributed by atoms with E-state index in [0.29, 0.717) is 17.9 Å². The summed E-state index contributed by atoms with van der Waals surface area (Å²) in [6.45, 7) is 2.16. The number of aliphatic hydroxyl groups is 1. The first-order chi connectivity index (χ1) is 10.6. The normalized spacial score (nSPS) is 11.8. The molecule has 0 amide bonds. The first kappa shape index (κ1) is 16.0. The summed E-state index contributed by atoms with van der Waals surface area (Å²) in [4.78, 5) is 13.3. The summed E-state index contributed by atoms with van der Waals surface area (Å²) >= 11 is 0. The highest BCUT2D eigenvalue weighted by molar-refractivity contribution is 5.94. The Morgan fingerprint density at radius 2 is 1.91 bits per heavy atom. The molecule has 0 aliphatic heterocycles. The zero-order valence-corrected chi connectivity index (χ0v) is 12.9. The minimum Gasteiger partial charge on any atom is -0.491 e. The second kappa shape index (κ2) is 7.61. The van der Waals surface area contributed by atoms with Crippen LogP contribution in [-0.2, 0) is 0 Å². The number of nitrogens with zero attached hydrogens (tertiary/aromatic N) is 1. The molecule has 4 nitrogen and oxygen atoms in total. The van der Waals surface area contributed by atoms with Crippen molar-refractivity contribution in [1.82, 2.24) is 0 Å². The highest BCUT2D eigenvalue weighted by atomic mass is 16.5. The molecule has 116 valence electrons. The Morgan fingerprint density at radius 3 is 2.59 bits per heavy atom. The molecule has 1 unspecified atom stereocenters. The average Bonchev–Trinajstić information content (AvgIpc) is 2.54. The van der Waals surface area contributed by atoms with Crippen LogP contribution in [-0.4, -0.2) is 37.2 Å². The average molecular weight is 299 g/mol. The van der Waals surface area contributed by atoms with Crippen LogP contribution in [0.4, 0.5) is 5.69 Å². The maximum absolute atomic E-state index is 11.3. The molecule has 0 aliphatic rings. The summed E-state index contributed by atoms with van der Waals surface area (Å²) < 4.78 is 5.57. The minimum atomic E-state index is -0.619. The topological polar surface area (TPSA) is 49.8 Å². The molecule has 0 radical (unpaired) electrons. The molecule has 0 spiro atoms. The summed E-state index contributed by atoms with van der Waals surface area (Å²) in [6, 6.07) is 16.8. The van der Waals surface area contributed by atoms with Crippen molar-refractivity contribution in [2.24, 2.45) is 0 Å². The molecule has 0 saturated heterocycles. The number of rotatable bonds is 7. The van der Waals surface area contributed by atoms with Crippen LogP contribution in [0.5, 0.6) is 5.75 Å². The molecular weight excluding hydrogens is 278 g/mol. The zero-order valence-electron chi connectivity index (χ0n) is 12.9. The predicted molar refractivity (Wildman–Crippen MR) is 87.7 cm³/mol. The molecule has 1 N–H and O–H groups in total. The Morgan fingerprint density at radius 1 is 1.18 bits per heavy atom. The number of hydrogen-bond acceptors (Lipinski definition) is 4. The zero-order chi connectivity index (χ0) is 15.9. The number of hydrogen-bond donors (Lipinski definition) is 1. The summed E-state index contributed by atoms with van der Waals surface area (Å²) in [5.41, 5.74) is 1.65. The van der Waals surface area contributed by atoms with Crippen LogP contribution in [0.2, 0.25) is 0 Å². The van der Waals surface area contributed by atoms with Crippen LogP contribution >= 0.6 is 0 Å². The fourth-order valence-electron chi connectivity index (χ4n) is 2.15. The van der Waals surface area contributed by atoms with Gasteiger partial charge in [-0.05, 0) is 31.2 Å². The van der Waals surface area contributed by atoms with Crippen LogP contribution in [0.3, 0.4) is 0 Å². The molecule has 0 fully saturated rings. The Balaban J connectivity index is 1.86. The standard InChI is InChI=1S/C18H21NO3/c1-14(20)15-7-6-10-18(11-15)22-13-17(21)12-19(2)16-8-4-3-5-9-16/h3-11,17,21H,12-13H2,1-2H3. The SMILES string of the molecule is CC(=O)c1cccc(OCC(O)CN(C)c2ccccc2)c1. The number of aliphatic hydroxyl groups excluding tert-OH is 1. The van der Waals surface area contributed by atoms with E-state index in [9.17, 15) is 9.90 Å². The Bertz CT molecular complexity index is 613. The van der Waals surface area contributed by atoms with Gasteiger partial charge < -0.3 is 14.7 Å². The third kappa shape index (κ3) is 4.60. The summed E-state index contributed by atoms with van der Waals surface area (Å²) in [6.07, 6.45) is -0.619. The van der Waals surface area contributed by atoms with Crippen LogP contribution < -0.4 is 9.64 Å². The van der Waals surface area contributed by atoms with Crippen molar-refractivity contribution in [3.63, 3.8) is 0 Å². The minimum absolute atomic E-state index is 0.00481. The van der Waals surface area contributed by atoms with Gasteiger partial charge in [0.25, 0.3) is 0 Å². The highest BCUT2D eigenvalue weighted by Crippen LogP contribution is 2.15. The van der Waals surface area contributed by atoms with Gasteiger partial charge in [0, 0.05) is 24.8 Å². The number of para-hydroxylation sites is 1. The molecule has 4 heteroatoms. The molecule has 0 aliphatic carbocycles. The van der Waals surface area contributed by atoms with Gasteiger partial charge in [-0.15, -0.1) is 0 Å². The molecule has 0 aromatic heterocycles. The fourth-order valence-corrected chi connectivity index (χ4v) is 2.15. The van der Waals surface area contributed by atoms with Crippen molar-refractivity contribution in [1.29, 1.82) is 0 Å². The molecule has 0 saturated carbocycles. The van der Waals surface area contributed by atoms with E-state index in [2.05, 4.69) is 0 Å². The van der Waals surface area contributed by atoms with Crippen LogP contribution in [0.1, 0.15) is 17.3 Å². The van der Waals surface area contributed by atoms with Crippen molar-refractivity contribution >= 4 is 11.5 Å². The van der Waals surface area contributed by atoms with Gasteiger partial charge in [-0.1, -0.05) is 30.3 Å². The maximum Gasteiger partial charge on any atom is 0.159 e. The second-order valence-electron chi connectivity index (χ2n) is 5.26. The number of anilines is 1. The van der Waals surface area contributed by atoms with E-state index in [0.717, 1.165) is 5.69 Å². The summed E-state index contributed by atoms with van der Waals surface area (Å²) in [5, 5.41) is 10.1. The van der Waals surface area contributed by atoms with E-state index in [1.54, 1.807) is 24.3 Å². The quantitative estimate of drug-likeness (QED) is 0.799. The predicted octanol–water partition coefficient (Wildman–Crippen LogP) is 2.77. The lowest BCUT2D eigenvalue weighted by Gasteiger charge is -2.22. The van der Waals surface area contributed by atoms with E-state index >= 15 is 0 Å². The van der Waals surface area contributed by atoms with Gasteiger partial charge in [0.1, 0.15) is 18.5 Å². The molecule has 1 atom stereocenters. The Kier molecular flexibility index (Phi) is 5.55. The first-order valence-corrected chi connectivity index (χ1v) is 7.24. The van der Waals surface area contributed by atoms with Crippen LogP contribution in [0.25, 0.3) is 0 Å². The van der Waals surface area contributed by atoms with Crippen LogP contribution in [0, 0.1) is 0 Å². The van der Waals surface area contributed by atoms with Crippen molar-refractivity contribution in [2.45, 2.75) is 13.0 Å².